The second kappa shape index (κ2) is 3.82. The van der Waals surface area contributed by atoms with E-state index >= 15 is 0 Å². The van der Waals surface area contributed by atoms with Crippen LogP contribution in [0.25, 0.3) is 11.4 Å². The van der Waals surface area contributed by atoms with Gasteiger partial charge in [-0.1, -0.05) is 0 Å². The van der Waals surface area contributed by atoms with Crippen molar-refractivity contribution in [1.29, 1.82) is 0 Å². The number of aromatic amines is 1. The van der Waals surface area contributed by atoms with E-state index in [1.165, 1.54) is 5.56 Å². The topological polar surface area (TPSA) is 33.6 Å². The van der Waals surface area contributed by atoms with Crippen LogP contribution < -0.4 is 0 Å². The molecule has 0 aliphatic heterocycles. The number of thiophene rings is 1. The van der Waals surface area contributed by atoms with Crippen molar-refractivity contribution in [2.75, 3.05) is 0 Å². The van der Waals surface area contributed by atoms with Crippen LogP contribution in [-0.4, -0.2) is 14.8 Å². The number of aromatic nitrogens is 3. The van der Waals surface area contributed by atoms with Crippen molar-refractivity contribution in [2.45, 2.75) is 33.2 Å². The van der Waals surface area contributed by atoms with Crippen LogP contribution in [0, 0.1) is 11.7 Å². The lowest BCUT2D eigenvalue weighted by molar-refractivity contribution is 0.395. The molecule has 1 N–H and O–H groups in total. The zero-order valence-electron chi connectivity index (χ0n) is 9.87. The average Bonchev–Trinajstić information content (AvgIpc) is 2.69. The Bertz CT molecular complexity index is 554. The number of hydrogen-bond donors (Lipinski definition) is 1. The molecule has 0 aromatic carbocycles. The molecule has 3 nitrogen and oxygen atoms in total. The van der Waals surface area contributed by atoms with E-state index < -0.39 is 0 Å². The molecule has 16 heavy (non-hydrogen) atoms. The lowest BCUT2D eigenvalue weighted by Gasteiger charge is -2.22. The molecule has 0 saturated carbocycles. The maximum atomic E-state index is 5.29. The second-order valence-electron chi connectivity index (χ2n) is 4.83. The number of nitrogens with one attached hydrogen (secondary N) is 1. The van der Waals surface area contributed by atoms with E-state index in [1.54, 1.807) is 11.3 Å². The summed E-state index contributed by atoms with van der Waals surface area (Å²) in [4.78, 5) is 0. The van der Waals surface area contributed by atoms with Crippen molar-refractivity contribution in [2.24, 2.45) is 0 Å². The van der Waals surface area contributed by atoms with Gasteiger partial charge in [0.05, 0.1) is 0 Å². The van der Waals surface area contributed by atoms with E-state index in [2.05, 4.69) is 53.2 Å². The largest absolute Gasteiger partial charge is 0.295 e. The highest BCUT2D eigenvalue weighted by Gasteiger charge is 2.21. The van der Waals surface area contributed by atoms with Crippen LogP contribution in [-0.2, 0) is 5.54 Å². The lowest BCUT2D eigenvalue weighted by Crippen LogP contribution is -2.23. The molecule has 2 heterocycles. The number of nitrogens with zero attached hydrogens (tertiary/aromatic N) is 2. The van der Waals surface area contributed by atoms with E-state index in [9.17, 15) is 0 Å². The second-order valence-corrected chi connectivity index (χ2v) is 5.96. The first kappa shape index (κ1) is 11.5. The molecule has 0 fully saturated rings. The van der Waals surface area contributed by atoms with Crippen molar-refractivity contribution in [3.63, 3.8) is 0 Å². The minimum atomic E-state index is -0.0617. The van der Waals surface area contributed by atoms with Gasteiger partial charge in [0.2, 0.25) is 0 Å². The standard InChI is InChI=1S/C11H15N3S2/c1-7-5-16-6-8(7)9-12-13-10(15)14(9)11(2,3)4/h5-6H,1-4H3,(H,13,15). The van der Waals surface area contributed by atoms with E-state index in [0.29, 0.717) is 4.77 Å². The summed E-state index contributed by atoms with van der Waals surface area (Å²) in [5.41, 5.74) is 2.34. The van der Waals surface area contributed by atoms with Crippen LogP contribution >= 0.6 is 23.6 Å². The molecule has 0 saturated heterocycles. The van der Waals surface area contributed by atoms with Gasteiger partial charge < -0.3 is 0 Å². The third-order valence-electron chi connectivity index (χ3n) is 2.44. The minimum absolute atomic E-state index is 0.0617. The van der Waals surface area contributed by atoms with Gasteiger partial charge in [-0.15, -0.1) is 0 Å². The Labute approximate surface area is 104 Å². The summed E-state index contributed by atoms with van der Waals surface area (Å²) in [6.07, 6.45) is 0. The van der Waals surface area contributed by atoms with Crippen LogP contribution in [0.3, 0.4) is 0 Å². The SMILES string of the molecule is Cc1cscc1-c1n[nH]c(=S)n1C(C)(C)C. The quantitative estimate of drug-likeness (QED) is 0.786. The normalized spacial score (nSPS) is 12.0. The fourth-order valence-electron chi connectivity index (χ4n) is 1.69. The van der Waals surface area contributed by atoms with Gasteiger partial charge in [-0.05, 0) is 50.9 Å². The Morgan fingerprint density at radius 3 is 2.56 bits per heavy atom. The Hall–Kier alpha value is -0.940. The molecular formula is C11H15N3S2. The maximum absolute atomic E-state index is 5.29. The van der Waals surface area contributed by atoms with Gasteiger partial charge in [-0.3, -0.25) is 9.67 Å². The van der Waals surface area contributed by atoms with Crippen LogP contribution in [0.4, 0.5) is 0 Å². The minimum Gasteiger partial charge on any atom is -0.295 e. The summed E-state index contributed by atoms with van der Waals surface area (Å²) < 4.78 is 2.74. The molecule has 5 heteroatoms. The van der Waals surface area contributed by atoms with Crippen molar-refractivity contribution < 1.29 is 0 Å². The van der Waals surface area contributed by atoms with E-state index in [1.807, 2.05) is 0 Å². The highest BCUT2D eigenvalue weighted by Crippen LogP contribution is 2.29. The Balaban J connectivity index is 2.69. The van der Waals surface area contributed by atoms with E-state index in [-0.39, 0.29) is 5.54 Å². The summed E-state index contributed by atoms with van der Waals surface area (Å²) in [5, 5.41) is 11.5. The van der Waals surface area contributed by atoms with Crippen LogP contribution in [0.2, 0.25) is 0 Å². The van der Waals surface area contributed by atoms with Gasteiger partial charge >= 0.3 is 0 Å². The van der Waals surface area contributed by atoms with Gasteiger partial charge in [0, 0.05) is 16.5 Å². The summed E-state index contributed by atoms with van der Waals surface area (Å²) in [7, 11) is 0. The van der Waals surface area contributed by atoms with Crippen LogP contribution in [0.15, 0.2) is 10.8 Å². The smallest absolute Gasteiger partial charge is 0.195 e. The van der Waals surface area contributed by atoms with Gasteiger partial charge in [-0.2, -0.15) is 16.4 Å². The van der Waals surface area contributed by atoms with Crippen LogP contribution in [0.1, 0.15) is 26.3 Å². The number of aryl methyl sites for hydroxylation is 1. The zero-order chi connectivity index (χ0) is 11.9. The first-order valence-corrected chi connectivity index (χ1v) is 6.47. The molecule has 86 valence electrons. The monoisotopic (exact) mass is 253 g/mol. The molecule has 0 aliphatic carbocycles. The molecule has 0 amide bonds. The fraction of sp³-hybridized carbons (Fsp3) is 0.455. The third kappa shape index (κ3) is 1.85. The van der Waals surface area contributed by atoms with Crippen molar-refractivity contribution in [3.05, 3.63) is 21.1 Å². The summed E-state index contributed by atoms with van der Waals surface area (Å²) in [6.45, 7) is 8.48. The summed E-state index contributed by atoms with van der Waals surface area (Å²) in [6, 6.07) is 0. The highest BCUT2D eigenvalue weighted by atomic mass is 32.1. The molecule has 0 atom stereocenters. The van der Waals surface area contributed by atoms with E-state index in [4.69, 9.17) is 12.2 Å². The molecule has 0 bridgehead atoms. The fourth-order valence-corrected chi connectivity index (χ4v) is 2.92. The first-order valence-electron chi connectivity index (χ1n) is 5.12. The van der Waals surface area contributed by atoms with Crippen LogP contribution in [0.5, 0.6) is 0 Å². The molecule has 0 spiro atoms. The summed E-state index contributed by atoms with van der Waals surface area (Å²) in [5.74, 6) is 0.927. The van der Waals surface area contributed by atoms with Gasteiger partial charge in [0.25, 0.3) is 0 Å². The lowest BCUT2D eigenvalue weighted by atomic mass is 10.1. The highest BCUT2D eigenvalue weighted by molar-refractivity contribution is 7.71. The zero-order valence-corrected chi connectivity index (χ0v) is 11.5. The van der Waals surface area contributed by atoms with Gasteiger partial charge in [-0.25, -0.2) is 0 Å². The van der Waals surface area contributed by atoms with Gasteiger partial charge in [0.1, 0.15) is 0 Å². The van der Waals surface area contributed by atoms with E-state index in [0.717, 1.165) is 11.4 Å². The molecule has 0 radical (unpaired) electrons. The number of hydrogen-bond acceptors (Lipinski definition) is 3. The molecule has 0 aliphatic rings. The average molecular weight is 253 g/mol. The Kier molecular flexibility index (Phi) is 2.75. The first-order chi connectivity index (χ1) is 7.41. The number of rotatable bonds is 1. The third-order valence-corrected chi connectivity index (χ3v) is 3.57. The molecule has 2 aromatic heterocycles. The number of H-pyrrole nitrogens is 1. The predicted molar refractivity (Wildman–Crippen MR) is 70.5 cm³/mol. The van der Waals surface area contributed by atoms with Gasteiger partial charge in [0.15, 0.2) is 10.6 Å². The summed E-state index contributed by atoms with van der Waals surface area (Å²) >= 11 is 6.97. The van der Waals surface area contributed by atoms with Crippen molar-refractivity contribution in [3.8, 4) is 11.4 Å². The van der Waals surface area contributed by atoms with Crippen molar-refractivity contribution >= 4 is 23.6 Å². The Morgan fingerprint density at radius 1 is 1.38 bits per heavy atom. The van der Waals surface area contributed by atoms with Crippen molar-refractivity contribution in [1.82, 2.24) is 14.8 Å². The molecule has 0 unspecified atom stereocenters. The molecule has 2 aromatic rings. The maximum Gasteiger partial charge on any atom is 0.195 e. The Morgan fingerprint density at radius 2 is 2.06 bits per heavy atom. The molecular weight excluding hydrogens is 238 g/mol. The predicted octanol–water partition coefficient (Wildman–Crippen LogP) is 3.73. The molecule has 2 rings (SSSR count).